The van der Waals surface area contributed by atoms with Crippen LogP contribution in [0.3, 0.4) is 0 Å². The second-order valence-corrected chi connectivity index (χ2v) is 6.77. The molecular formula is C21H31NO5. The predicted octanol–water partition coefficient (Wildman–Crippen LogP) is 3.82. The van der Waals surface area contributed by atoms with E-state index in [0.29, 0.717) is 30.2 Å². The summed E-state index contributed by atoms with van der Waals surface area (Å²) in [6.45, 7) is 2.51. The molecular weight excluding hydrogens is 346 g/mol. The van der Waals surface area contributed by atoms with Crippen molar-refractivity contribution in [2.24, 2.45) is 0 Å². The smallest absolute Gasteiger partial charge is 0.307 e. The molecule has 0 saturated heterocycles. The Morgan fingerprint density at radius 3 is 2.30 bits per heavy atom. The Hall–Kier alpha value is -2.24. The maximum absolute atomic E-state index is 13.3. The molecule has 0 atom stereocenters. The van der Waals surface area contributed by atoms with Crippen LogP contribution in [0.2, 0.25) is 0 Å². The average Bonchev–Trinajstić information content (AvgIpc) is 2.97. The minimum atomic E-state index is -0.267. The van der Waals surface area contributed by atoms with E-state index in [1.54, 1.807) is 39.3 Å². The van der Waals surface area contributed by atoms with Crippen molar-refractivity contribution in [3.63, 3.8) is 0 Å². The van der Waals surface area contributed by atoms with Crippen molar-refractivity contribution < 1.29 is 23.8 Å². The molecule has 0 bridgehead atoms. The minimum absolute atomic E-state index is 0.0767. The van der Waals surface area contributed by atoms with Gasteiger partial charge in [-0.25, -0.2) is 0 Å². The molecule has 1 aliphatic carbocycles. The molecule has 1 saturated carbocycles. The first-order valence-electron chi connectivity index (χ1n) is 9.79. The van der Waals surface area contributed by atoms with E-state index in [-0.39, 0.29) is 24.3 Å². The average molecular weight is 377 g/mol. The Balaban J connectivity index is 2.22. The number of hydrogen-bond acceptors (Lipinski definition) is 5. The Bertz CT molecular complexity index is 623. The van der Waals surface area contributed by atoms with E-state index in [1.165, 1.54) is 12.8 Å². The molecule has 0 aliphatic heterocycles. The highest BCUT2D eigenvalue weighted by Gasteiger charge is 2.27. The van der Waals surface area contributed by atoms with Gasteiger partial charge in [-0.3, -0.25) is 9.59 Å². The van der Waals surface area contributed by atoms with Crippen molar-refractivity contribution >= 4 is 11.9 Å². The number of hydrogen-bond donors (Lipinski definition) is 0. The molecule has 0 radical (unpaired) electrons. The van der Waals surface area contributed by atoms with Crippen LogP contribution in [-0.2, 0) is 9.53 Å². The van der Waals surface area contributed by atoms with E-state index in [9.17, 15) is 9.59 Å². The van der Waals surface area contributed by atoms with Crippen molar-refractivity contribution in [1.29, 1.82) is 0 Å². The van der Waals surface area contributed by atoms with Gasteiger partial charge in [-0.1, -0.05) is 25.7 Å². The molecule has 0 N–H and O–H groups in total. The van der Waals surface area contributed by atoms with E-state index in [4.69, 9.17) is 14.2 Å². The number of amides is 1. The molecule has 1 amide bonds. The lowest BCUT2D eigenvalue weighted by Gasteiger charge is -2.31. The molecule has 0 aromatic heterocycles. The number of benzene rings is 1. The van der Waals surface area contributed by atoms with Gasteiger partial charge < -0.3 is 19.1 Å². The number of methoxy groups -OCH3 is 2. The maximum Gasteiger partial charge on any atom is 0.307 e. The van der Waals surface area contributed by atoms with Gasteiger partial charge in [0.25, 0.3) is 5.91 Å². The monoisotopic (exact) mass is 377 g/mol. The van der Waals surface area contributed by atoms with Crippen molar-refractivity contribution in [3.8, 4) is 11.5 Å². The number of esters is 1. The van der Waals surface area contributed by atoms with Crippen LogP contribution in [0.1, 0.15) is 62.2 Å². The lowest BCUT2D eigenvalue weighted by atomic mass is 10.0. The maximum atomic E-state index is 13.3. The summed E-state index contributed by atoms with van der Waals surface area (Å²) in [6, 6.07) is 5.35. The quantitative estimate of drug-likeness (QED) is 0.509. The largest absolute Gasteiger partial charge is 0.493 e. The molecule has 1 aliphatic rings. The van der Waals surface area contributed by atoms with Crippen LogP contribution >= 0.6 is 0 Å². The van der Waals surface area contributed by atoms with Crippen LogP contribution in [0.4, 0.5) is 0 Å². The summed E-state index contributed by atoms with van der Waals surface area (Å²) in [5.41, 5.74) is 0.542. The lowest BCUT2D eigenvalue weighted by Crippen LogP contribution is -2.41. The van der Waals surface area contributed by atoms with Crippen LogP contribution in [0.15, 0.2) is 18.2 Å². The number of carbonyl (C=O) groups excluding carboxylic acids is 2. The first-order chi connectivity index (χ1) is 13.1. The fourth-order valence-electron chi connectivity index (χ4n) is 3.60. The van der Waals surface area contributed by atoms with Gasteiger partial charge in [0.1, 0.15) is 0 Å². The summed E-state index contributed by atoms with van der Waals surface area (Å²) >= 11 is 0. The lowest BCUT2D eigenvalue weighted by molar-refractivity contribution is -0.143. The van der Waals surface area contributed by atoms with Crippen LogP contribution in [0.5, 0.6) is 11.5 Å². The van der Waals surface area contributed by atoms with Gasteiger partial charge in [-0.15, -0.1) is 0 Å². The highest BCUT2D eigenvalue weighted by molar-refractivity contribution is 5.95. The molecule has 150 valence electrons. The van der Waals surface area contributed by atoms with Gasteiger partial charge in [0, 0.05) is 18.2 Å². The fourth-order valence-corrected chi connectivity index (χ4v) is 3.60. The zero-order valence-corrected chi connectivity index (χ0v) is 16.7. The van der Waals surface area contributed by atoms with Crippen molar-refractivity contribution in [2.75, 3.05) is 27.4 Å². The van der Waals surface area contributed by atoms with E-state index >= 15 is 0 Å². The summed E-state index contributed by atoms with van der Waals surface area (Å²) in [4.78, 5) is 27.0. The summed E-state index contributed by atoms with van der Waals surface area (Å²) in [5, 5.41) is 0. The third-order valence-electron chi connectivity index (χ3n) is 5.02. The second-order valence-electron chi connectivity index (χ2n) is 6.77. The van der Waals surface area contributed by atoms with E-state index in [1.807, 2.05) is 4.90 Å². The second kappa shape index (κ2) is 10.8. The molecule has 6 heteroatoms. The highest BCUT2D eigenvalue weighted by Crippen LogP contribution is 2.29. The first kappa shape index (κ1) is 21.1. The highest BCUT2D eigenvalue weighted by atomic mass is 16.5. The predicted molar refractivity (Wildman–Crippen MR) is 103 cm³/mol. The molecule has 1 aromatic rings. The topological polar surface area (TPSA) is 65.1 Å². The fraction of sp³-hybridized carbons (Fsp3) is 0.619. The normalized spacial score (nSPS) is 14.9. The minimum Gasteiger partial charge on any atom is -0.493 e. The van der Waals surface area contributed by atoms with Crippen LogP contribution in [0, 0.1) is 0 Å². The number of carbonyl (C=O) groups is 2. The summed E-state index contributed by atoms with van der Waals surface area (Å²) in [5.74, 6) is 0.763. The molecule has 27 heavy (non-hydrogen) atoms. The number of ether oxygens (including phenoxy) is 3. The Morgan fingerprint density at radius 1 is 1.04 bits per heavy atom. The van der Waals surface area contributed by atoms with Crippen molar-refractivity contribution in [3.05, 3.63) is 23.8 Å². The summed E-state index contributed by atoms with van der Waals surface area (Å²) in [7, 11) is 3.12. The molecule has 2 rings (SSSR count). The van der Waals surface area contributed by atoms with Crippen molar-refractivity contribution in [1.82, 2.24) is 4.90 Å². The first-order valence-corrected chi connectivity index (χ1v) is 9.79. The van der Waals surface area contributed by atoms with Crippen LogP contribution in [0.25, 0.3) is 0 Å². The molecule has 6 nitrogen and oxygen atoms in total. The summed E-state index contributed by atoms with van der Waals surface area (Å²) in [6.07, 6.45) is 6.78. The molecule has 1 fully saturated rings. The molecule has 0 unspecified atom stereocenters. The van der Waals surface area contributed by atoms with Gasteiger partial charge in [0.2, 0.25) is 0 Å². The Labute approximate surface area is 161 Å². The third kappa shape index (κ3) is 5.88. The Morgan fingerprint density at radius 2 is 1.70 bits per heavy atom. The Kier molecular flexibility index (Phi) is 8.43. The van der Waals surface area contributed by atoms with Gasteiger partial charge in [0.05, 0.1) is 27.2 Å². The van der Waals surface area contributed by atoms with Crippen molar-refractivity contribution in [2.45, 2.75) is 57.9 Å². The van der Waals surface area contributed by atoms with Gasteiger partial charge in [0.15, 0.2) is 11.5 Å². The molecule has 1 aromatic carbocycles. The van der Waals surface area contributed by atoms with Gasteiger partial charge in [-0.05, 0) is 38.0 Å². The third-order valence-corrected chi connectivity index (χ3v) is 5.02. The van der Waals surface area contributed by atoms with E-state index in [2.05, 4.69) is 0 Å². The van der Waals surface area contributed by atoms with E-state index in [0.717, 1.165) is 25.7 Å². The van der Waals surface area contributed by atoms with Gasteiger partial charge in [-0.2, -0.15) is 0 Å². The van der Waals surface area contributed by atoms with Crippen LogP contribution < -0.4 is 9.47 Å². The number of rotatable bonds is 8. The zero-order valence-electron chi connectivity index (χ0n) is 16.7. The van der Waals surface area contributed by atoms with Gasteiger partial charge >= 0.3 is 5.97 Å². The van der Waals surface area contributed by atoms with E-state index < -0.39 is 0 Å². The molecule has 0 heterocycles. The zero-order chi connectivity index (χ0) is 19.6. The molecule has 0 spiro atoms. The standard InChI is InChI=1S/C21H31NO5/c1-4-27-20(23)13-14-22(17-9-7-5-6-8-10-17)21(24)16-11-12-18(25-2)19(15-16)26-3/h11-12,15,17H,4-10,13-14H2,1-3H3. The van der Waals surface area contributed by atoms with Crippen LogP contribution in [-0.4, -0.2) is 50.2 Å². The SMILES string of the molecule is CCOC(=O)CCN(C(=O)c1ccc(OC)c(OC)c1)C1CCCCCC1. The summed E-state index contributed by atoms with van der Waals surface area (Å²) < 4.78 is 15.6. The number of nitrogens with zero attached hydrogens (tertiary/aromatic N) is 1.